The minimum absolute atomic E-state index is 0.146. The summed E-state index contributed by atoms with van der Waals surface area (Å²) >= 11 is 0. The lowest BCUT2D eigenvalue weighted by Crippen LogP contribution is -2.51. The molecule has 32 heavy (non-hydrogen) atoms. The molecule has 1 aromatic rings. The smallest absolute Gasteiger partial charge is 0.302 e. The maximum Gasteiger partial charge on any atom is 0.302 e. The molecule has 0 amide bonds. The van der Waals surface area contributed by atoms with Gasteiger partial charge in [-0.05, 0) is 62.9 Å². The number of aliphatic imine (C=N–C) groups is 2. The Bertz CT molecular complexity index is 1050. The maximum atomic E-state index is 13.5. The van der Waals surface area contributed by atoms with Crippen LogP contribution in [-0.2, 0) is 11.2 Å². The number of hydrogen-bond donors (Lipinski definition) is 1. The van der Waals surface area contributed by atoms with E-state index in [1.807, 2.05) is 6.08 Å². The molecular formula is C26H32N4O2. The first-order valence-electron chi connectivity index (χ1n) is 12.4. The average molecular weight is 433 g/mol. The van der Waals surface area contributed by atoms with Crippen molar-refractivity contribution in [2.75, 3.05) is 5.32 Å². The molecule has 2 heterocycles. The highest BCUT2D eigenvalue weighted by atomic mass is 16.4. The molecule has 2 saturated carbocycles. The van der Waals surface area contributed by atoms with E-state index >= 15 is 0 Å². The Hall–Kier alpha value is -2.50. The van der Waals surface area contributed by atoms with Crippen LogP contribution < -0.4 is 5.32 Å². The number of Topliss-reactive ketones (excluding diaryl/α,β-unsaturated/α-hetero) is 1. The number of rotatable bonds is 2. The molecule has 6 rings (SSSR count). The lowest BCUT2D eigenvalue weighted by molar-refractivity contribution is -0.124. The first-order chi connectivity index (χ1) is 15.6. The first kappa shape index (κ1) is 20.1. The normalized spacial score (nSPS) is 31.0. The fourth-order valence-electron chi connectivity index (χ4n) is 6.69. The minimum Gasteiger partial charge on any atom is -0.428 e. The fraction of sp³-hybridized carbons (Fsp3) is 0.615. The van der Waals surface area contributed by atoms with Gasteiger partial charge in [0.15, 0.2) is 0 Å². The van der Waals surface area contributed by atoms with Gasteiger partial charge in [-0.1, -0.05) is 37.5 Å². The Balaban J connectivity index is 1.32. The topological polar surface area (TPSA) is 79.9 Å². The van der Waals surface area contributed by atoms with Crippen molar-refractivity contribution in [2.24, 2.45) is 27.7 Å². The van der Waals surface area contributed by atoms with Crippen LogP contribution in [-0.4, -0.2) is 28.0 Å². The fourth-order valence-corrected chi connectivity index (χ4v) is 6.69. The number of ketones is 1. The summed E-state index contributed by atoms with van der Waals surface area (Å²) in [6.45, 7) is 2.32. The van der Waals surface area contributed by atoms with Gasteiger partial charge in [-0.15, -0.1) is 0 Å². The zero-order chi connectivity index (χ0) is 21.7. The Morgan fingerprint density at radius 2 is 2.03 bits per heavy atom. The molecule has 1 spiro atoms. The second-order valence-corrected chi connectivity index (χ2v) is 10.3. The van der Waals surface area contributed by atoms with Crippen LogP contribution in [0.3, 0.4) is 0 Å². The highest BCUT2D eigenvalue weighted by Gasteiger charge is 2.52. The van der Waals surface area contributed by atoms with E-state index in [1.54, 1.807) is 0 Å². The van der Waals surface area contributed by atoms with Gasteiger partial charge in [0.25, 0.3) is 0 Å². The molecule has 0 bridgehead atoms. The quantitative estimate of drug-likeness (QED) is 0.625. The molecule has 6 heteroatoms. The molecule has 0 aromatic carbocycles. The van der Waals surface area contributed by atoms with Crippen LogP contribution in [0.1, 0.15) is 82.6 Å². The number of carbonyl (C=O) groups is 1. The van der Waals surface area contributed by atoms with Crippen molar-refractivity contribution in [3.63, 3.8) is 0 Å². The van der Waals surface area contributed by atoms with Crippen LogP contribution in [0.4, 0.5) is 6.01 Å². The van der Waals surface area contributed by atoms with E-state index in [2.05, 4.69) is 29.4 Å². The number of anilines is 1. The van der Waals surface area contributed by atoms with Crippen molar-refractivity contribution in [3.05, 3.63) is 29.2 Å². The summed E-state index contributed by atoms with van der Waals surface area (Å²) in [5.74, 6) is 2.55. The van der Waals surface area contributed by atoms with Crippen molar-refractivity contribution in [2.45, 2.75) is 83.1 Å². The third-order valence-electron chi connectivity index (χ3n) is 8.16. The van der Waals surface area contributed by atoms with Gasteiger partial charge in [0.2, 0.25) is 5.96 Å². The second kappa shape index (κ2) is 7.82. The van der Waals surface area contributed by atoms with Gasteiger partial charge in [-0.3, -0.25) is 10.1 Å². The van der Waals surface area contributed by atoms with Crippen LogP contribution >= 0.6 is 0 Å². The van der Waals surface area contributed by atoms with E-state index < -0.39 is 0 Å². The van der Waals surface area contributed by atoms with Gasteiger partial charge in [-0.2, -0.15) is 4.98 Å². The second-order valence-electron chi connectivity index (χ2n) is 10.3. The minimum atomic E-state index is -0.333. The van der Waals surface area contributed by atoms with Gasteiger partial charge in [0, 0.05) is 18.6 Å². The monoisotopic (exact) mass is 432 g/mol. The van der Waals surface area contributed by atoms with Crippen LogP contribution in [0.25, 0.3) is 6.08 Å². The van der Waals surface area contributed by atoms with Gasteiger partial charge >= 0.3 is 6.01 Å². The predicted molar refractivity (Wildman–Crippen MR) is 126 cm³/mol. The van der Waals surface area contributed by atoms with Gasteiger partial charge in [0.05, 0.1) is 11.5 Å². The van der Waals surface area contributed by atoms with Crippen molar-refractivity contribution < 1.29 is 9.21 Å². The summed E-state index contributed by atoms with van der Waals surface area (Å²) < 4.78 is 5.95. The SMILES string of the molecule is CC1CCCC=C1C1CC(=O)C2C(=NC(Nc3nc4c(o3)CCC=C4)=NC23CCCC3)C1. The number of aryl methyl sites for hydroxylation is 1. The van der Waals surface area contributed by atoms with E-state index in [9.17, 15) is 4.79 Å². The van der Waals surface area contributed by atoms with E-state index in [-0.39, 0.29) is 11.5 Å². The predicted octanol–water partition coefficient (Wildman–Crippen LogP) is 5.51. The van der Waals surface area contributed by atoms with Gasteiger partial charge in [-0.25, -0.2) is 9.98 Å². The average Bonchev–Trinajstić information content (AvgIpc) is 3.40. The molecule has 5 aliphatic rings. The first-order valence-corrected chi connectivity index (χ1v) is 12.4. The molecule has 1 aromatic heterocycles. The summed E-state index contributed by atoms with van der Waals surface area (Å²) in [4.78, 5) is 28.1. The lowest BCUT2D eigenvalue weighted by Gasteiger charge is -2.42. The summed E-state index contributed by atoms with van der Waals surface area (Å²) in [5.41, 5.74) is 3.07. The van der Waals surface area contributed by atoms with Crippen molar-refractivity contribution >= 4 is 29.5 Å². The number of nitrogens with zero attached hydrogens (tertiary/aromatic N) is 3. The molecule has 0 radical (unpaired) electrons. The molecule has 1 N–H and O–H groups in total. The van der Waals surface area contributed by atoms with Crippen molar-refractivity contribution in [1.82, 2.24) is 4.98 Å². The Kier molecular flexibility index (Phi) is 4.92. The van der Waals surface area contributed by atoms with Crippen LogP contribution in [0, 0.1) is 17.8 Å². The highest BCUT2D eigenvalue weighted by molar-refractivity contribution is 6.15. The molecule has 4 aliphatic carbocycles. The number of guanidine groups is 1. The van der Waals surface area contributed by atoms with E-state index in [4.69, 9.17) is 14.4 Å². The number of fused-ring (bicyclic) bond motifs is 3. The summed E-state index contributed by atoms with van der Waals surface area (Å²) in [6.07, 6.45) is 17.7. The van der Waals surface area contributed by atoms with Crippen LogP contribution in [0.15, 0.2) is 32.1 Å². The van der Waals surface area contributed by atoms with Gasteiger partial charge in [0.1, 0.15) is 17.2 Å². The third-order valence-corrected chi connectivity index (χ3v) is 8.16. The van der Waals surface area contributed by atoms with Crippen LogP contribution in [0.2, 0.25) is 0 Å². The molecule has 168 valence electrons. The maximum absolute atomic E-state index is 13.5. The largest absolute Gasteiger partial charge is 0.428 e. The van der Waals surface area contributed by atoms with Crippen molar-refractivity contribution in [3.8, 4) is 0 Å². The van der Waals surface area contributed by atoms with Gasteiger partial charge < -0.3 is 4.42 Å². The molecular weight excluding hydrogens is 400 g/mol. The van der Waals surface area contributed by atoms with E-state index in [0.717, 1.165) is 68.5 Å². The van der Waals surface area contributed by atoms with Crippen molar-refractivity contribution in [1.29, 1.82) is 0 Å². The molecule has 3 atom stereocenters. The molecule has 2 fully saturated rings. The highest BCUT2D eigenvalue weighted by Crippen LogP contribution is 2.48. The summed E-state index contributed by atoms with van der Waals surface area (Å²) in [7, 11) is 0. The number of hydrogen-bond acceptors (Lipinski definition) is 6. The summed E-state index contributed by atoms with van der Waals surface area (Å²) in [6, 6.07) is 0.457. The lowest BCUT2D eigenvalue weighted by atomic mass is 9.65. The Morgan fingerprint density at radius 3 is 2.84 bits per heavy atom. The number of allylic oxidation sites excluding steroid dienone is 3. The molecule has 3 unspecified atom stereocenters. The Labute approximate surface area is 189 Å². The number of aromatic nitrogens is 1. The number of nitrogens with one attached hydrogen (secondary N) is 1. The Morgan fingerprint density at radius 1 is 1.16 bits per heavy atom. The summed E-state index contributed by atoms with van der Waals surface area (Å²) in [5, 5.41) is 3.27. The standard InChI is InChI=1S/C26H32N4O2/c1-16-8-2-3-9-18(16)17-14-20-23(21(31)15-17)26(12-6-7-13-26)30-24(27-20)29-25-28-19-10-4-5-11-22(19)32-25/h4,9-10,16-17,23H,2-3,5-8,11-15H2,1H3,(H,28,29,30). The molecule has 0 saturated heterocycles. The zero-order valence-corrected chi connectivity index (χ0v) is 18.9. The molecule has 6 nitrogen and oxygen atoms in total. The zero-order valence-electron chi connectivity index (χ0n) is 18.9. The molecule has 1 aliphatic heterocycles. The van der Waals surface area contributed by atoms with Crippen LogP contribution in [0.5, 0.6) is 0 Å². The number of oxazole rings is 1. The van der Waals surface area contributed by atoms with E-state index in [1.165, 1.54) is 18.4 Å². The third kappa shape index (κ3) is 3.39. The number of carbonyl (C=O) groups excluding carboxylic acids is 1. The van der Waals surface area contributed by atoms with E-state index in [0.29, 0.717) is 36.0 Å².